The van der Waals surface area contributed by atoms with E-state index in [-0.39, 0.29) is 11.4 Å². The van der Waals surface area contributed by atoms with E-state index < -0.39 is 15.9 Å². The van der Waals surface area contributed by atoms with Gasteiger partial charge in [0, 0.05) is 15.5 Å². The summed E-state index contributed by atoms with van der Waals surface area (Å²) in [6.45, 7) is -0.364. The van der Waals surface area contributed by atoms with E-state index in [0.29, 0.717) is 15.8 Å². The minimum atomic E-state index is -3.95. The standard InChI is InChI=1S/C24H19BrN2O3S/c25-19-10-7-11-20(16-19)27(31(29,30)21-12-2-1-3-13-21)17-24(28)26-23-15-6-9-18-8-4-5-14-22(18)23/h1-16H,17H2,(H,26,28). The van der Waals surface area contributed by atoms with Gasteiger partial charge in [-0.1, -0.05) is 76.6 Å². The molecule has 1 N–H and O–H groups in total. The van der Waals surface area contributed by atoms with Crippen LogP contribution in [-0.4, -0.2) is 20.9 Å². The van der Waals surface area contributed by atoms with Crippen LogP contribution in [0, 0.1) is 0 Å². The van der Waals surface area contributed by atoms with Gasteiger partial charge in [-0.05, 0) is 41.8 Å². The Bertz CT molecular complexity index is 1340. The van der Waals surface area contributed by atoms with E-state index in [4.69, 9.17) is 0 Å². The lowest BCUT2D eigenvalue weighted by atomic mass is 10.1. The number of halogens is 1. The fourth-order valence-electron chi connectivity index (χ4n) is 3.32. The van der Waals surface area contributed by atoms with Crippen LogP contribution in [0.3, 0.4) is 0 Å². The summed E-state index contributed by atoms with van der Waals surface area (Å²) in [5.41, 5.74) is 1.03. The van der Waals surface area contributed by atoms with Gasteiger partial charge in [-0.15, -0.1) is 0 Å². The maximum atomic E-state index is 13.4. The van der Waals surface area contributed by atoms with Crippen molar-refractivity contribution >= 4 is 54.0 Å². The molecule has 0 fully saturated rings. The zero-order valence-electron chi connectivity index (χ0n) is 16.4. The largest absolute Gasteiger partial charge is 0.324 e. The van der Waals surface area contributed by atoms with Crippen LogP contribution in [0.2, 0.25) is 0 Å². The fourth-order valence-corrected chi connectivity index (χ4v) is 5.14. The Kier molecular flexibility index (Phi) is 6.06. The summed E-state index contributed by atoms with van der Waals surface area (Å²) >= 11 is 3.38. The molecule has 1 amide bonds. The molecule has 0 aliphatic rings. The average molecular weight is 495 g/mol. The molecule has 5 nitrogen and oxygen atoms in total. The molecule has 0 heterocycles. The number of rotatable bonds is 6. The molecule has 0 spiro atoms. The Balaban J connectivity index is 1.68. The van der Waals surface area contributed by atoms with Crippen molar-refractivity contribution in [1.29, 1.82) is 0 Å². The van der Waals surface area contributed by atoms with Gasteiger partial charge in [0.15, 0.2) is 0 Å². The van der Waals surface area contributed by atoms with E-state index in [1.165, 1.54) is 12.1 Å². The molecule has 4 aromatic rings. The van der Waals surface area contributed by atoms with Gasteiger partial charge in [0.05, 0.1) is 10.6 Å². The molecule has 0 saturated heterocycles. The Labute approximate surface area is 189 Å². The van der Waals surface area contributed by atoms with E-state index in [9.17, 15) is 13.2 Å². The van der Waals surface area contributed by atoms with Gasteiger partial charge in [0.2, 0.25) is 5.91 Å². The number of carbonyl (C=O) groups is 1. The third kappa shape index (κ3) is 4.62. The number of fused-ring (bicyclic) bond motifs is 1. The van der Waals surface area contributed by atoms with Crippen molar-refractivity contribution in [2.45, 2.75) is 4.90 Å². The highest BCUT2D eigenvalue weighted by molar-refractivity contribution is 9.10. The molecular formula is C24H19BrN2O3S. The van der Waals surface area contributed by atoms with Crippen molar-refractivity contribution in [3.63, 3.8) is 0 Å². The van der Waals surface area contributed by atoms with Crippen LogP contribution in [-0.2, 0) is 14.8 Å². The van der Waals surface area contributed by atoms with Crippen molar-refractivity contribution in [3.8, 4) is 0 Å². The Morgan fingerprint density at radius 2 is 1.52 bits per heavy atom. The van der Waals surface area contributed by atoms with Crippen LogP contribution in [0.1, 0.15) is 0 Å². The molecule has 4 aromatic carbocycles. The summed E-state index contributed by atoms with van der Waals surface area (Å²) < 4.78 is 28.6. The van der Waals surface area contributed by atoms with Crippen molar-refractivity contribution < 1.29 is 13.2 Å². The van der Waals surface area contributed by atoms with Gasteiger partial charge in [-0.3, -0.25) is 9.10 Å². The van der Waals surface area contributed by atoms with Gasteiger partial charge in [0.25, 0.3) is 10.0 Å². The molecule has 0 aliphatic carbocycles. The molecule has 0 aromatic heterocycles. The summed E-state index contributed by atoms with van der Waals surface area (Å²) in [5, 5.41) is 4.74. The summed E-state index contributed by atoms with van der Waals surface area (Å²) in [6, 6.07) is 28.3. The summed E-state index contributed by atoms with van der Waals surface area (Å²) in [5.74, 6) is -0.434. The third-order valence-corrected chi connectivity index (χ3v) is 7.06. The number of benzene rings is 4. The fraction of sp³-hybridized carbons (Fsp3) is 0.0417. The average Bonchev–Trinajstić information content (AvgIpc) is 2.78. The smallest absolute Gasteiger partial charge is 0.264 e. The minimum absolute atomic E-state index is 0.118. The van der Waals surface area contributed by atoms with Crippen molar-refractivity contribution in [3.05, 3.63) is 102 Å². The molecule has 4 rings (SSSR count). The molecule has 0 aliphatic heterocycles. The lowest BCUT2D eigenvalue weighted by Gasteiger charge is -2.24. The monoisotopic (exact) mass is 494 g/mol. The SMILES string of the molecule is O=C(CN(c1cccc(Br)c1)S(=O)(=O)c1ccccc1)Nc1cccc2ccccc12. The van der Waals surface area contributed by atoms with Gasteiger partial charge in [0.1, 0.15) is 6.54 Å². The number of anilines is 2. The molecule has 31 heavy (non-hydrogen) atoms. The second kappa shape index (κ2) is 8.91. The second-order valence-corrected chi connectivity index (χ2v) is 9.66. The number of nitrogens with one attached hydrogen (secondary N) is 1. The van der Waals surface area contributed by atoms with Crippen LogP contribution >= 0.6 is 15.9 Å². The third-order valence-electron chi connectivity index (χ3n) is 4.78. The summed E-state index contributed by atoms with van der Waals surface area (Å²) in [7, 11) is -3.95. The van der Waals surface area contributed by atoms with Crippen LogP contribution in [0.15, 0.2) is 106 Å². The minimum Gasteiger partial charge on any atom is -0.324 e. The number of hydrogen-bond acceptors (Lipinski definition) is 3. The Morgan fingerprint density at radius 3 is 2.29 bits per heavy atom. The maximum absolute atomic E-state index is 13.4. The summed E-state index contributed by atoms with van der Waals surface area (Å²) in [6.07, 6.45) is 0. The van der Waals surface area contributed by atoms with E-state index in [1.54, 1.807) is 48.5 Å². The highest BCUT2D eigenvalue weighted by Gasteiger charge is 2.27. The maximum Gasteiger partial charge on any atom is 0.264 e. The zero-order chi connectivity index (χ0) is 21.8. The molecule has 0 saturated carbocycles. The van der Waals surface area contributed by atoms with Gasteiger partial charge < -0.3 is 5.32 Å². The molecule has 156 valence electrons. The second-order valence-electron chi connectivity index (χ2n) is 6.88. The number of amides is 1. The Morgan fingerprint density at radius 1 is 0.839 bits per heavy atom. The van der Waals surface area contributed by atoms with E-state index in [0.717, 1.165) is 15.1 Å². The zero-order valence-corrected chi connectivity index (χ0v) is 18.8. The molecule has 0 radical (unpaired) electrons. The summed E-state index contributed by atoms with van der Waals surface area (Å²) in [4.78, 5) is 13.1. The molecule has 0 unspecified atom stereocenters. The van der Waals surface area contributed by atoms with Crippen LogP contribution in [0.4, 0.5) is 11.4 Å². The van der Waals surface area contributed by atoms with Gasteiger partial charge in [-0.2, -0.15) is 0 Å². The van der Waals surface area contributed by atoms with Crippen molar-refractivity contribution in [1.82, 2.24) is 0 Å². The van der Waals surface area contributed by atoms with Crippen LogP contribution < -0.4 is 9.62 Å². The van der Waals surface area contributed by atoms with E-state index in [2.05, 4.69) is 21.2 Å². The number of sulfonamides is 1. The first-order valence-corrected chi connectivity index (χ1v) is 11.8. The molecular weight excluding hydrogens is 476 g/mol. The first kappa shape index (κ1) is 21.1. The first-order valence-electron chi connectivity index (χ1n) is 9.56. The topological polar surface area (TPSA) is 66.5 Å². The molecule has 7 heteroatoms. The normalized spacial score (nSPS) is 11.3. The quantitative estimate of drug-likeness (QED) is 0.388. The van der Waals surface area contributed by atoms with Gasteiger partial charge in [-0.25, -0.2) is 8.42 Å². The highest BCUT2D eigenvalue weighted by Crippen LogP contribution is 2.27. The van der Waals surface area contributed by atoms with E-state index in [1.807, 2.05) is 36.4 Å². The van der Waals surface area contributed by atoms with Crippen LogP contribution in [0.5, 0.6) is 0 Å². The van der Waals surface area contributed by atoms with E-state index >= 15 is 0 Å². The van der Waals surface area contributed by atoms with Crippen molar-refractivity contribution in [2.75, 3.05) is 16.2 Å². The highest BCUT2D eigenvalue weighted by atomic mass is 79.9. The number of nitrogens with zero attached hydrogens (tertiary/aromatic N) is 1. The lowest BCUT2D eigenvalue weighted by Crippen LogP contribution is -2.38. The number of carbonyl (C=O) groups excluding carboxylic acids is 1. The van der Waals surface area contributed by atoms with Gasteiger partial charge >= 0.3 is 0 Å². The number of hydrogen-bond donors (Lipinski definition) is 1. The predicted octanol–water partition coefficient (Wildman–Crippen LogP) is 5.44. The van der Waals surface area contributed by atoms with Crippen LogP contribution in [0.25, 0.3) is 10.8 Å². The lowest BCUT2D eigenvalue weighted by molar-refractivity contribution is -0.114. The Hall–Kier alpha value is -3.16. The first-order chi connectivity index (χ1) is 14.9. The molecule has 0 bridgehead atoms. The predicted molar refractivity (Wildman–Crippen MR) is 128 cm³/mol. The van der Waals surface area contributed by atoms with Crippen molar-refractivity contribution in [2.24, 2.45) is 0 Å². The molecule has 0 atom stereocenters.